The molecule has 1 amide bonds. The van der Waals surface area contributed by atoms with E-state index in [1.54, 1.807) is 24.5 Å². The average molecular weight is 354 g/mol. The number of carbonyl (C=O) groups excluding carboxylic acids is 1. The van der Waals surface area contributed by atoms with Crippen molar-refractivity contribution in [1.82, 2.24) is 20.3 Å². The third-order valence-corrected chi connectivity index (χ3v) is 3.89. The lowest BCUT2D eigenvalue weighted by molar-refractivity contribution is 0.0946. The van der Waals surface area contributed by atoms with Gasteiger partial charge < -0.3 is 10.6 Å². The van der Waals surface area contributed by atoms with Gasteiger partial charge in [-0.25, -0.2) is 9.97 Å². The molecule has 2 heterocycles. The van der Waals surface area contributed by atoms with E-state index in [2.05, 4.69) is 25.6 Å². The van der Waals surface area contributed by atoms with E-state index in [1.165, 1.54) is 6.33 Å². The fourth-order valence-electron chi connectivity index (χ4n) is 2.18. The Kier molecular flexibility index (Phi) is 5.53. The van der Waals surface area contributed by atoms with Gasteiger partial charge in [-0.2, -0.15) is 0 Å². The maximum Gasteiger partial charge on any atom is 0.270 e. The lowest BCUT2D eigenvalue weighted by Gasteiger charge is -2.08. The summed E-state index contributed by atoms with van der Waals surface area (Å²) in [6.45, 7) is 0.919. The van der Waals surface area contributed by atoms with E-state index < -0.39 is 0 Å². The molecular formula is C18H16ClN5O. The molecule has 2 N–H and O–H groups in total. The minimum absolute atomic E-state index is 0.283. The quantitative estimate of drug-likeness (QED) is 0.712. The fourth-order valence-corrected chi connectivity index (χ4v) is 2.38. The Balaban J connectivity index is 1.60. The maximum atomic E-state index is 12.3. The molecule has 0 bridgehead atoms. The van der Waals surface area contributed by atoms with Crippen LogP contribution in [-0.2, 0) is 13.1 Å². The SMILES string of the molecule is O=C(NCc1ccccc1Cl)c1cc(NCc2ccncc2)ncn1. The van der Waals surface area contributed by atoms with Crippen molar-refractivity contribution in [1.29, 1.82) is 0 Å². The van der Waals surface area contributed by atoms with Crippen LogP contribution in [0.4, 0.5) is 5.82 Å². The molecule has 3 aromatic rings. The van der Waals surface area contributed by atoms with E-state index in [1.807, 2.05) is 30.3 Å². The van der Waals surface area contributed by atoms with Crippen molar-refractivity contribution in [2.45, 2.75) is 13.1 Å². The number of nitrogens with one attached hydrogen (secondary N) is 2. The topological polar surface area (TPSA) is 79.8 Å². The van der Waals surface area contributed by atoms with Gasteiger partial charge in [0, 0.05) is 36.6 Å². The highest BCUT2D eigenvalue weighted by Gasteiger charge is 2.09. The lowest BCUT2D eigenvalue weighted by Crippen LogP contribution is -2.24. The minimum Gasteiger partial charge on any atom is -0.366 e. The zero-order valence-electron chi connectivity index (χ0n) is 13.3. The van der Waals surface area contributed by atoms with Crippen LogP contribution in [0, 0.1) is 0 Å². The number of anilines is 1. The second-order valence-corrected chi connectivity index (χ2v) is 5.68. The summed E-state index contributed by atoms with van der Waals surface area (Å²) in [4.78, 5) is 24.4. The van der Waals surface area contributed by atoms with Gasteiger partial charge in [-0.1, -0.05) is 29.8 Å². The van der Waals surface area contributed by atoms with Crippen LogP contribution in [0.3, 0.4) is 0 Å². The first-order chi connectivity index (χ1) is 12.2. The number of rotatable bonds is 6. The predicted molar refractivity (Wildman–Crippen MR) is 96.2 cm³/mol. The van der Waals surface area contributed by atoms with E-state index in [4.69, 9.17) is 11.6 Å². The number of benzene rings is 1. The maximum absolute atomic E-state index is 12.3. The normalized spacial score (nSPS) is 10.3. The second kappa shape index (κ2) is 8.21. The molecule has 0 aliphatic heterocycles. The van der Waals surface area contributed by atoms with Crippen molar-refractivity contribution >= 4 is 23.3 Å². The number of nitrogens with zero attached hydrogens (tertiary/aromatic N) is 3. The summed E-state index contributed by atoms with van der Waals surface area (Å²) in [6, 6.07) is 12.8. The first-order valence-corrected chi connectivity index (χ1v) is 8.06. The van der Waals surface area contributed by atoms with Gasteiger partial charge in [0.2, 0.25) is 0 Å². The van der Waals surface area contributed by atoms with Crippen LogP contribution < -0.4 is 10.6 Å². The number of halogens is 1. The van der Waals surface area contributed by atoms with Gasteiger partial charge in [-0.3, -0.25) is 9.78 Å². The summed E-state index contributed by atoms with van der Waals surface area (Å²) in [6.07, 6.45) is 4.81. The molecule has 0 saturated carbocycles. The van der Waals surface area contributed by atoms with Crippen LogP contribution >= 0.6 is 11.6 Å². The average Bonchev–Trinajstić information content (AvgIpc) is 2.66. The number of pyridine rings is 1. The third-order valence-electron chi connectivity index (χ3n) is 3.52. The van der Waals surface area contributed by atoms with Crippen LogP contribution in [0.2, 0.25) is 5.02 Å². The third kappa shape index (κ3) is 4.74. The highest BCUT2D eigenvalue weighted by molar-refractivity contribution is 6.31. The molecule has 0 radical (unpaired) electrons. The van der Waals surface area contributed by atoms with Gasteiger partial charge in [0.1, 0.15) is 17.8 Å². The number of amides is 1. The number of hydrogen-bond donors (Lipinski definition) is 2. The highest BCUT2D eigenvalue weighted by atomic mass is 35.5. The molecule has 0 fully saturated rings. The fraction of sp³-hybridized carbons (Fsp3) is 0.111. The molecule has 0 unspecified atom stereocenters. The Hall–Kier alpha value is -2.99. The molecule has 25 heavy (non-hydrogen) atoms. The highest BCUT2D eigenvalue weighted by Crippen LogP contribution is 2.14. The molecule has 0 atom stereocenters. The van der Waals surface area contributed by atoms with Gasteiger partial charge in [0.15, 0.2) is 0 Å². The Bertz CT molecular complexity index is 857. The van der Waals surface area contributed by atoms with Crippen molar-refractivity contribution in [3.63, 3.8) is 0 Å². The Labute approximate surface area is 150 Å². The smallest absolute Gasteiger partial charge is 0.270 e. The first kappa shape index (κ1) is 16.9. The van der Waals surface area contributed by atoms with Crippen LogP contribution in [0.5, 0.6) is 0 Å². The second-order valence-electron chi connectivity index (χ2n) is 5.27. The van der Waals surface area contributed by atoms with Crippen LogP contribution in [0.15, 0.2) is 61.2 Å². The summed E-state index contributed by atoms with van der Waals surface area (Å²) in [5.74, 6) is 0.295. The Morgan fingerprint density at radius 1 is 1.04 bits per heavy atom. The Morgan fingerprint density at radius 2 is 1.84 bits per heavy atom. The standard InChI is InChI=1S/C18H16ClN5O/c19-15-4-2-1-3-14(15)11-22-18(25)16-9-17(24-12-23-16)21-10-13-5-7-20-8-6-13/h1-9,12H,10-11H2,(H,22,25)(H,21,23,24). The van der Waals surface area contributed by atoms with Crippen LogP contribution in [-0.4, -0.2) is 20.9 Å². The van der Waals surface area contributed by atoms with Crippen molar-refractivity contribution in [2.75, 3.05) is 5.32 Å². The molecule has 0 aliphatic rings. The van der Waals surface area contributed by atoms with E-state index in [9.17, 15) is 4.79 Å². The number of aromatic nitrogens is 3. The largest absolute Gasteiger partial charge is 0.366 e. The summed E-state index contributed by atoms with van der Waals surface area (Å²) >= 11 is 6.09. The number of hydrogen-bond acceptors (Lipinski definition) is 5. The zero-order valence-corrected chi connectivity index (χ0v) is 14.1. The molecule has 3 rings (SSSR count). The molecule has 0 aliphatic carbocycles. The predicted octanol–water partition coefficient (Wildman–Crippen LogP) is 3.07. The molecule has 0 spiro atoms. The number of carbonyl (C=O) groups is 1. The molecule has 2 aromatic heterocycles. The molecule has 0 saturated heterocycles. The lowest BCUT2D eigenvalue weighted by atomic mass is 10.2. The molecule has 1 aromatic carbocycles. The van der Waals surface area contributed by atoms with Crippen LogP contribution in [0.25, 0.3) is 0 Å². The summed E-state index contributed by atoms with van der Waals surface area (Å²) in [5.41, 5.74) is 2.21. The van der Waals surface area contributed by atoms with Crippen molar-refractivity contribution in [2.24, 2.45) is 0 Å². The van der Waals surface area contributed by atoms with E-state index in [0.29, 0.717) is 29.6 Å². The van der Waals surface area contributed by atoms with Crippen LogP contribution in [0.1, 0.15) is 21.6 Å². The van der Waals surface area contributed by atoms with Crippen molar-refractivity contribution in [3.8, 4) is 0 Å². The van der Waals surface area contributed by atoms with E-state index in [-0.39, 0.29) is 5.91 Å². The molecule has 6 nitrogen and oxygen atoms in total. The van der Waals surface area contributed by atoms with Gasteiger partial charge in [0.05, 0.1) is 0 Å². The molecular weight excluding hydrogens is 338 g/mol. The van der Waals surface area contributed by atoms with Gasteiger partial charge in [-0.15, -0.1) is 0 Å². The minimum atomic E-state index is -0.283. The zero-order chi connectivity index (χ0) is 17.5. The van der Waals surface area contributed by atoms with Gasteiger partial charge >= 0.3 is 0 Å². The van der Waals surface area contributed by atoms with E-state index in [0.717, 1.165) is 11.1 Å². The van der Waals surface area contributed by atoms with Crippen molar-refractivity contribution in [3.05, 3.63) is 83.0 Å². The monoisotopic (exact) mass is 353 g/mol. The summed E-state index contributed by atoms with van der Waals surface area (Å²) in [5, 5.41) is 6.58. The summed E-state index contributed by atoms with van der Waals surface area (Å²) in [7, 11) is 0. The molecule has 126 valence electrons. The van der Waals surface area contributed by atoms with Gasteiger partial charge in [0.25, 0.3) is 5.91 Å². The molecule has 7 heteroatoms. The van der Waals surface area contributed by atoms with Gasteiger partial charge in [-0.05, 0) is 29.3 Å². The van der Waals surface area contributed by atoms with E-state index >= 15 is 0 Å². The Morgan fingerprint density at radius 3 is 2.64 bits per heavy atom. The van der Waals surface area contributed by atoms with Crippen molar-refractivity contribution < 1.29 is 4.79 Å². The summed E-state index contributed by atoms with van der Waals surface area (Å²) < 4.78 is 0. The first-order valence-electron chi connectivity index (χ1n) is 7.69.